The molecule has 0 saturated carbocycles. The molecule has 4 aliphatic heterocycles. The molecule has 0 spiro atoms. The Morgan fingerprint density at radius 1 is 0.814 bits per heavy atom. The molecule has 0 bridgehead atoms. The normalized spacial score (nSPS) is 17.5. The molecule has 0 radical (unpaired) electrons. The van der Waals surface area contributed by atoms with Gasteiger partial charge in [0.05, 0.1) is 17.7 Å². The number of phenolic OH excluding ortho intramolecular Hbond substituents is 1. The van der Waals surface area contributed by atoms with E-state index in [-0.39, 0.29) is 42.8 Å². The van der Waals surface area contributed by atoms with Gasteiger partial charge in [0.2, 0.25) is 6.79 Å². The van der Waals surface area contributed by atoms with Crippen LogP contribution in [0.3, 0.4) is 0 Å². The van der Waals surface area contributed by atoms with Gasteiger partial charge in [-0.05, 0) is 110 Å². The van der Waals surface area contributed by atoms with Crippen molar-refractivity contribution in [3.8, 4) is 28.5 Å². The van der Waals surface area contributed by atoms with E-state index in [9.17, 15) is 5.11 Å². The van der Waals surface area contributed by atoms with Crippen molar-refractivity contribution in [2.45, 2.75) is 51.2 Å². The van der Waals surface area contributed by atoms with E-state index >= 15 is 9.59 Å². The van der Waals surface area contributed by atoms with Crippen LogP contribution in [0.5, 0.6) is 17.2 Å². The molecule has 1 saturated heterocycles. The number of aromatic hydroxyl groups is 1. The molecule has 4 aromatic carbocycles. The first-order valence-corrected chi connectivity index (χ1v) is 20.4. The molecule has 4 aliphatic rings. The van der Waals surface area contributed by atoms with Crippen LogP contribution in [0, 0.1) is 0 Å². The number of halogens is 1. The van der Waals surface area contributed by atoms with Gasteiger partial charge in [-0.3, -0.25) is 19.4 Å². The highest BCUT2D eigenvalue weighted by molar-refractivity contribution is 6.13. The molecular weight excluding hydrogens is 766 g/mol. The zero-order valence-electron chi connectivity index (χ0n) is 33.1. The highest BCUT2D eigenvalue weighted by Gasteiger charge is 2.36. The lowest BCUT2D eigenvalue weighted by atomic mass is 9.92. The number of nitrogens with zero attached hydrogens (tertiary/aromatic N) is 5. The van der Waals surface area contributed by atoms with Gasteiger partial charge in [0, 0.05) is 97.8 Å². The quantitative estimate of drug-likeness (QED) is 0.174. The van der Waals surface area contributed by atoms with E-state index in [1.165, 1.54) is 5.56 Å². The Balaban J connectivity index is 0.00000449. The number of hydrogen-bond donors (Lipinski definition) is 1. The molecule has 1 N–H and O–H groups in total. The standard InChI is InChI=1S/C47H47N5O6.ClH/c1-48-19-16-32-24-35(12-15-41(32)48)52(34-10-13-37(53)14-11-34)47(55)40-25-43(50-18-5-4-9-42(40)50)38-26-44-45(58-30-57-44)27-39(38)46(54)51-28-33-8-3-2-7-31(33)23-36(51)29-49-17-6-21-56-22-20-49;/h2-3,7-8,10-16,19,24-27,36,53H,4-6,9,17-18,20-23,28-30H2,1H3;1H/t36-;/m0./s1. The molecule has 0 aliphatic carbocycles. The average molecular weight is 814 g/mol. The summed E-state index contributed by atoms with van der Waals surface area (Å²) in [5.74, 6) is 0.999. The average Bonchev–Trinajstić information content (AvgIpc) is 3.92. The maximum atomic E-state index is 15.3. The predicted octanol–water partition coefficient (Wildman–Crippen LogP) is 8.11. The molecule has 59 heavy (non-hydrogen) atoms. The van der Waals surface area contributed by atoms with Crippen LogP contribution in [0.1, 0.15) is 56.8 Å². The summed E-state index contributed by atoms with van der Waals surface area (Å²) < 4.78 is 21.9. The number of aryl methyl sites for hydroxylation is 1. The first kappa shape index (κ1) is 38.8. The number of benzene rings is 4. The number of phenols is 1. The van der Waals surface area contributed by atoms with Gasteiger partial charge in [-0.1, -0.05) is 24.3 Å². The smallest absolute Gasteiger partial charge is 0.264 e. The van der Waals surface area contributed by atoms with E-state index in [2.05, 4.69) is 32.2 Å². The van der Waals surface area contributed by atoms with Crippen LogP contribution >= 0.6 is 12.4 Å². The van der Waals surface area contributed by atoms with Gasteiger partial charge < -0.3 is 33.4 Å². The first-order chi connectivity index (χ1) is 28.4. The molecule has 11 nitrogen and oxygen atoms in total. The molecule has 12 heteroatoms. The lowest BCUT2D eigenvalue weighted by Crippen LogP contribution is -2.50. The van der Waals surface area contributed by atoms with Crippen molar-refractivity contribution in [1.29, 1.82) is 0 Å². The maximum absolute atomic E-state index is 15.3. The summed E-state index contributed by atoms with van der Waals surface area (Å²) >= 11 is 0. The minimum absolute atomic E-state index is 0. The Morgan fingerprint density at radius 3 is 2.46 bits per heavy atom. The van der Waals surface area contributed by atoms with Gasteiger partial charge in [-0.15, -0.1) is 12.4 Å². The van der Waals surface area contributed by atoms with Crippen molar-refractivity contribution < 1.29 is 28.9 Å². The third kappa shape index (κ3) is 7.21. The number of ether oxygens (including phenoxy) is 3. The monoisotopic (exact) mass is 813 g/mol. The number of carbonyl (C=O) groups excluding carboxylic acids is 2. The number of fused-ring (bicyclic) bond motifs is 4. The minimum atomic E-state index is -0.180. The summed E-state index contributed by atoms with van der Waals surface area (Å²) in [6, 6.07) is 29.0. The lowest BCUT2D eigenvalue weighted by Gasteiger charge is -2.40. The van der Waals surface area contributed by atoms with Crippen molar-refractivity contribution in [2.75, 3.05) is 44.5 Å². The number of anilines is 2. The molecule has 0 unspecified atom stereocenters. The summed E-state index contributed by atoms with van der Waals surface area (Å²) in [7, 11) is 2.00. The van der Waals surface area contributed by atoms with Gasteiger partial charge in [0.15, 0.2) is 11.5 Å². The minimum Gasteiger partial charge on any atom is -0.508 e. The van der Waals surface area contributed by atoms with Crippen LogP contribution < -0.4 is 14.4 Å². The Morgan fingerprint density at radius 2 is 1.61 bits per heavy atom. The van der Waals surface area contributed by atoms with Crippen molar-refractivity contribution in [2.24, 2.45) is 7.05 Å². The molecule has 6 heterocycles. The highest BCUT2D eigenvalue weighted by Crippen LogP contribution is 2.43. The Kier molecular flexibility index (Phi) is 10.6. The van der Waals surface area contributed by atoms with E-state index in [1.807, 2.05) is 66.7 Å². The topological polar surface area (TPSA) is 102 Å². The maximum Gasteiger partial charge on any atom is 0.264 e. The highest BCUT2D eigenvalue weighted by atomic mass is 35.5. The van der Waals surface area contributed by atoms with Crippen LogP contribution in [-0.2, 0) is 37.7 Å². The molecule has 2 aromatic heterocycles. The number of amides is 2. The molecule has 10 rings (SSSR count). The zero-order valence-corrected chi connectivity index (χ0v) is 34.0. The van der Waals surface area contributed by atoms with Crippen LogP contribution in [0.2, 0.25) is 0 Å². The first-order valence-electron chi connectivity index (χ1n) is 20.4. The second kappa shape index (κ2) is 16.1. The third-order valence-corrected chi connectivity index (χ3v) is 12.3. The molecule has 6 aromatic rings. The van der Waals surface area contributed by atoms with Crippen LogP contribution in [0.15, 0.2) is 97.2 Å². The van der Waals surface area contributed by atoms with Gasteiger partial charge in [-0.25, -0.2) is 0 Å². The van der Waals surface area contributed by atoms with Crippen molar-refractivity contribution in [3.63, 3.8) is 0 Å². The van der Waals surface area contributed by atoms with Crippen molar-refractivity contribution >= 4 is 46.5 Å². The number of rotatable bonds is 7. The van der Waals surface area contributed by atoms with Gasteiger partial charge in [-0.2, -0.15) is 0 Å². The second-order valence-corrected chi connectivity index (χ2v) is 15.9. The molecule has 1 fully saturated rings. The Labute approximate surface area is 349 Å². The van der Waals surface area contributed by atoms with Crippen molar-refractivity contribution in [1.82, 2.24) is 18.9 Å². The fourth-order valence-corrected chi connectivity index (χ4v) is 9.35. The van der Waals surface area contributed by atoms with E-state index in [1.54, 1.807) is 29.2 Å². The summed E-state index contributed by atoms with van der Waals surface area (Å²) in [4.78, 5) is 36.8. The molecular formula is C47H48ClN5O6. The van der Waals surface area contributed by atoms with Crippen LogP contribution in [-0.4, -0.2) is 81.5 Å². The largest absolute Gasteiger partial charge is 0.508 e. The summed E-state index contributed by atoms with van der Waals surface area (Å²) in [5, 5.41) is 11.2. The summed E-state index contributed by atoms with van der Waals surface area (Å²) in [6.07, 6.45) is 6.36. The van der Waals surface area contributed by atoms with Crippen LogP contribution in [0.25, 0.3) is 22.2 Å². The number of aromatic nitrogens is 2. The van der Waals surface area contributed by atoms with Crippen LogP contribution in [0.4, 0.5) is 11.4 Å². The fourth-order valence-electron chi connectivity index (χ4n) is 9.35. The molecule has 1 atom stereocenters. The SMILES string of the molecule is Cl.Cn1ccc2cc(N(C(=O)c3cc(-c4cc5c(cc4C(=O)N4Cc6ccccc6C[C@H]4CN4CCCOCC4)OCO5)n4c3CCCC4)c3ccc(O)cc3)ccc21. The number of hydrogen-bond acceptors (Lipinski definition) is 7. The van der Waals surface area contributed by atoms with Crippen molar-refractivity contribution in [3.05, 3.63) is 125 Å². The third-order valence-electron chi connectivity index (χ3n) is 12.3. The van der Waals surface area contributed by atoms with Gasteiger partial charge >= 0.3 is 0 Å². The predicted molar refractivity (Wildman–Crippen MR) is 229 cm³/mol. The van der Waals surface area contributed by atoms with E-state index in [0.717, 1.165) is 97.5 Å². The second-order valence-electron chi connectivity index (χ2n) is 15.9. The van der Waals surface area contributed by atoms with E-state index in [0.29, 0.717) is 48.0 Å². The summed E-state index contributed by atoms with van der Waals surface area (Å²) in [5.41, 5.74) is 8.45. The lowest BCUT2D eigenvalue weighted by molar-refractivity contribution is 0.0576. The Hall–Kier alpha value is -5.75. The fraction of sp³-hybridized carbons (Fsp3) is 0.319. The Bertz CT molecular complexity index is 2540. The van der Waals surface area contributed by atoms with Gasteiger partial charge in [0.1, 0.15) is 5.75 Å². The zero-order chi connectivity index (χ0) is 39.3. The molecule has 2 amide bonds. The van der Waals surface area contributed by atoms with E-state index in [4.69, 9.17) is 14.2 Å². The number of carbonyl (C=O) groups is 2. The van der Waals surface area contributed by atoms with Gasteiger partial charge in [0.25, 0.3) is 11.8 Å². The molecule has 304 valence electrons. The van der Waals surface area contributed by atoms with E-state index < -0.39 is 0 Å². The summed E-state index contributed by atoms with van der Waals surface area (Å²) in [6.45, 7) is 5.26.